The molecule has 0 N–H and O–H groups in total. The van der Waals surface area contributed by atoms with Gasteiger partial charge in [-0.25, -0.2) is 4.68 Å². The topological polar surface area (TPSA) is 65.2 Å². The number of carbonyl (C=O) groups excluding carboxylic acids is 1. The van der Waals surface area contributed by atoms with Gasteiger partial charge in [-0.15, -0.1) is 0 Å². The third-order valence-electron chi connectivity index (χ3n) is 5.87. The molecule has 0 bridgehead atoms. The van der Waals surface area contributed by atoms with Crippen LogP contribution in [-0.4, -0.2) is 37.5 Å². The van der Waals surface area contributed by atoms with Crippen LogP contribution in [0.1, 0.15) is 38.9 Å². The number of aromatic nitrogens is 4. The summed E-state index contributed by atoms with van der Waals surface area (Å²) >= 11 is 6.14. The number of benzene rings is 2. The van der Waals surface area contributed by atoms with E-state index in [9.17, 15) is 4.79 Å². The maximum atomic E-state index is 13.8. The summed E-state index contributed by atoms with van der Waals surface area (Å²) in [7, 11) is 3.48. The first kappa shape index (κ1) is 20.3. The van der Waals surface area contributed by atoms with Crippen molar-refractivity contribution >= 4 is 17.5 Å². The number of fused-ring (bicyclic) bond motifs is 1. The third-order valence-corrected chi connectivity index (χ3v) is 6.12. The lowest BCUT2D eigenvalue weighted by Crippen LogP contribution is -2.30. The zero-order chi connectivity index (χ0) is 22.4. The maximum Gasteiger partial charge on any atom is 0.274 e. The van der Waals surface area contributed by atoms with Crippen LogP contribution in [0.3, 0.4) is 0 Å². The average molecular weight is 448 g/mol. The monoisotopic (exact) mass is 447 g/mol. The molecule has 1 amide bonds. The molecular formula is C24H22ClN5O2. The average Bonchev–Trinajstić information content (AvgIpc) is 3.45. The summed E-state index contributed by atoms with van der Waals surface area (Å²) in [5, 5.41) is 9.61. The molecule has 0 radical (unpaired) electrons. The molecule has 5 rings (SSSR count). The Morgan fingerprint density at radius 2 is 1.78 bits per heavy atom. The Bertz CT molecular complexity index is 1290. The highest BCUT2D eigenvalue weighted by atomic mass is 35.5. The maximum absolute atomic E-state index is 13.8. The molecule has 1 atom stereocenters. The third kappa shape index (κ3) is 3.26. The van der Waals surface area contributed by atoms with Gasteiger partial charge in [0, 0.05) is 30.2 Å². The van der Waals surface area contributed by atoms with E-state index in [1.54, 1.807) is 22.7 Å². The molecule has 162 valence electrons. The number of hydrogen-bond acceptors (Lipinski definition) is 4. The Morgan fingerprint density at radius 1 is 1.06 bits per heavy atom. The minimum absolute atomic E-state index is 0.0717. The van der Waals surface area contributed by atoms with Crippen LogP contribution >= 0.6 is 11.6 Å². The van der Waals surface area contributed by atoms with Crippen molar-refractivity contribution in [3.05, 3.63) is 93.9 Å². The van der Waals surface area contributed by atoms with E-state index in [1.807, 2.05) is 73.5 Å². The molecule has 32 heavy (non-hydrogen) atoms. The van der Waals surface area contributed by atoms with Gasteiger partial charge in [0.25, 0.3) is 5.91 Å². The summed E-state index contributed by atoms with van der Waals surface area (Å²) in [6.45, 7) is 2.40. The summed E-state index contributed by atoms with van der Waals surface area (Å²) in [5.41, 5.74) is 4.29. The van der Waals surface area contributed by atoms with Crippen LogP contribution in [0.15, 0.2) is 60.8 Å². The fourth-order valence-corrected chi connectivity index (χ4v) is 4.43. The van der Waals surface area contributed by atoms with E-state index in [-0.39, 0.29) is 11.9 Å². The molecule has 0 saturated heterocycles. The molecule has 7 nitrogen and oxygen atoms in total. The molecule has 2 aromatic heterocycles. The largest absolute Gasteiger partial charge is 0.497 e. The zero-order valence-electron chi connectivity index (χ0n) is 18.0. The van der Waals surface area contributed by atoms with Crippen molar-refractivity contribution in [2.24, 2.45) is 7.05 Å². The minimum atomic E-state index is -0.265. The van der Waals surface area contributed by atoms with Crippen LogP contribution in [0.2, 0.25) is 5.02 Å². The summed E-state index contributed by atoms with van der Waals surface area (Å²) in [6, 6.07) is 17.0. The summed E-state index contributed by atoms with van der Waals surface area (Å²) in [6.07, 6.45) is 1.70. The van der Waals surface area contributed by atoms with Crippen molar-refractivity contribution in [2.75, 3.05) is 7.11 Å². The number of hydrogen-bond donors (Lipinski definition) is 0. The number of halogens is 1. The molecule has 2 aromatic carbocycles. The van der Waals surface area contributed by atoms with Crippen molar-refractivity contribution in [3.8, 4) is 11.6 Å². The fourth-order valence-electron chi connectivity index (χ4n) is 4.30. The predicted molar refractivity (Wildman–Crippen MR) is 121 cm³/mol. The zero-order valence-corrected chi connectivity index (χ0v) is 18.7. The molecule has 0 aliphatic carbocycles. The first-order valence-electron chi connectivity index (χ1n) is 10.2. The van der Waals surface area contributed by atoms with Gasteiger partial charge in [-0.1, -0.05) is 35.9 Å². The van der Waals surface area contributed by atoms with E-state index in [2.05, 4.69) is 5.10 Å². The second kappa shape index (κ2) is 7.84. The first-order chi connectivity index (χ1) is 15.5. The molecule has 4 aromatic rings. The number of aryl methyl sites for hydroxylation is 2. The van der Waals surface area contributed by atoms with Gasteiger partial charge in [0.1, 0.15) is 11.4 Å². The van der Waals surface area contributed by atoms with Crippen molar-refractivity contribution in [1.82, 2.24) is 24.5 Å². The van der Waals surface area contributed by atoms with E-state index in [1.165, 1.54) is 0 Å². The van der Waals surface area contributed by atoms with E-state index in [0.717, 1.165) is 34.0 Å². The van der Waals surface area contributed by atoms with Gasteiger partial charge in [0.2, 0.25) is 0 Å². The number of methoxy groups -OCH3 is 1. The molecule has 3 heterocycles. The number of nitrogens with zero attached hydrogens (tertiary/aromatic N) is 5. The van der Waals surface area contributed by atoms with E-state index < -0.39 is 0 Å². The van der Waals surface area contributed by atoms with Gasteiger partial charge in [-0.3, -0.25) is 9.48 Å². The SMILES string of the molecule is COc1ccc(CN2C(=O)c3c(c(C)nn3-c3ccnn3C)C2c2ccc(Cl)cc2)cc1. The summed E-state index contributed by atoms with van der Waals surface area (Å²) in [5.74, 6) is 1.45. The lowest BCUT2D eigenvalue weighted by molar-refractivity contribution is 0.0726. The van der Waals surface area contributed by atoms with Crippen LogP contribution in [0.25, 0.3) is 5.82 Å². The number of ether oxygens (including phenoxy) is 1. The first-order valence-corrected chi connectivity index (χ1v) is 10.6. The van der Waals surface area contributed by atoms with E-state index in [4.69, 9.17) is 21.4 Å². The van der Waals surface area contributed by atoms with Gasteiger partial charge in [-0.2, -0.15) is 10.2 Å². The van der Waals surface area contributed by atoms with Gasteiger partial charge in [0.05, 0.1) is 25.0 Å². The molecule has 0 spiro atoms. The van der Waals surface area contributed by atoms with Gasteiger partial charge in [0.15, 0.2) is 5.82 Å². The quantitative estimate of drug-likeness (QED) is 0.457. The van der Waals surface area contributed by atoms with Gasteiger partial charge in [-0.05, 0) is 42.3 Å². The Hall–Kier alpha value is -3.58. The molecule has 8 heteroatoms. The highest BCUT2D eigenvalue weighted by Crippen LogP contribution is 2.42. The number of rotatable bonds is 5. The van der Waals surface area contributed by atoms with Crippen molar-refractivity contribution in [2.45, 2.75) is 19.5 Å². The Balaban J connectivity index is 1.64. The van der Waals surface area contributed by atoms with Crippen molar-refractivity contribution in [1.29, 1.82) is 0 Å². The highest BCUT2D eigenvalue weighted by Gasteiger charge is 2.43. The van der Waals surface area contributed by atoms with Crippen LogP contribution in [-0.2, 0) is 13.6 Å². The number of carbonyl (C=O) groups is 1. The lowest BCUT2D eigenvalue weighted by atomic mass is 9.99. The molecule has 1 unspecified atom stereocenters. The molecule has 0 saturated carbocycles. The molecule has 1 aliphatic heterocycles. The smallest absolute Gasteiger partial charge is 0.274 e. The van der Waals surface area contributed by atoms with Crippen LogP contribution in [0, 0.1) is 6.92 Å². The summed E-state index contributed by atoms with van der Waals surface area (Å²) < 4.78 is 8.69. The predicted octanol–water partition coefficient (Wildman–Crippen LogP) is 4.32. The van der Waals surface area contributed by atoms with E-state index >= 15 is 0 Å². The van der Waals surface area contributed by atoms with Gasteiger partial charge < -0.3 is 9.64 Å². The fraction of sp³-hybridized carbons (Fsp3) is 0.208. The second-order valence-electron chi connectivity index (χ2n) is 7.81. The molecule has 1 aliphatic rings. The van der Waals surface area contributed by atoms with Gasteiger partial charge >= 0.3 is 0 Å². The Kier molecular flexibility index (Phi) is 4.98. The lowest BCUT2D eigenvalue weighted by Gasteiger charge is -2.26. The molecular weight excluding hydrogens is 426 g/mol. The van der Waals surface area contributed by atoms with Crippen LogP contribution in [0.5, 0.6) is 5.75 Å². The van der Waals surface area contributed by atoms with E-state index in [0.29, 0.717) is 17.3 Å². The van der Waals surface area contributed by atoms with Crippen LogP contribution < -0.4 is 4.74 Å². The number of amides is 1. The molecule has 0 fully saturated rings. The Labute approximate surface area is 190 Å². The summed E-state index contributed by atoms with van der Waals surface area (Å²) in [4.78, 5) is 15.7. The Morgan fingerprint density at radius 3 is 2.41 bits per heavy atom. The van der Waals surface area contributed by atoms with Crippen molar-refractivity contribution in [3.63, 3.8) is 0 Å². The van der Waals surface area contributed by atoms with Crippen LogP contribution in [0.4, 0.5) is 0 Å². The highest BCUT2D eigenvalue weighted by molar-refractivity contribution is 6.30. The second-order valence-corrected chi connectivity index (χ2v) is 8.24. The standard InChI is InChI=1S/C24H22ClN5O2/c1-15-21-22(17-6-8-18(25)9-7-17)29(14-16-4-10-19(32-3)11-5-16)24(31)23(21)30(27-15)20-12-13-26-28(20)2/h4-13,22H,14H2,1-3H3. The van der Waals surface area contributed by atoms with Crippen molar-refractivity contribution < 1.29 is 9.53 Å². The minimum Gasteiger partial charge on any atom is -0.497 e. The normalized spacial score (nSPS) is 15.3.